The van der Waals surface area contributed by atoms with Crippen LogP contribution in [0.3, 0.4) is 0 Å². The van der Waals surface area contributed by atoms with E-state index in [1.165, 1.54) is 19.3 Å². The van der Waals surface area contributed by atoms with Crippen molar-refractivity contribution in [3.05, 3.63) is 0 Å². The molecule has 1 atom stereocenters. The molecule has 1 saturated heterocycles. The van der Waals surface area contributed by atoms with E-state index in [9.17, 15) is 4.79 Å². The number of piperidine rings is 1. The Morgan fingerprint density at radius 3 is 2.78 bits per heavy atom. The molecule has 1 aliphatic heterocycles. The second-order valence-corrected chi connectivity index (χ2v) is 7.12. The van der Waals surface area contributed by atoms with Gasteiger partial charge in [-0.2, -0.15) is 0 Å². The second kappa shape index (κ2) is 8.52. The van der Waals surface area contributed by atoms with Crippen LogP contribution in [0.5, 0.6) is 0 Å². The molecule has 0 spiro atoms. The molecule has 23 heavy (non-hydrogen) atoms. The van der Waals surface area contributed by atoms with Gasteiger partial charge >= 0.3 is 0 Å². The Hall–Kier alpha value is -1.30. The molecular weight excluding hydrogens is 292 g/mol. The molecule has 0 aromatic rings. The average Bonchev–Trinajstić information content (AvgIpc) is 2.49. The molecule has 0 aromatic carbocycles. The number of rotatable bonds is 7. The highest BCUT2D eigenvalue weighted by molar-refractivity contribution is 5.80. The molecule has 1 aliphatic carbocycles. The van der Waals surface area contributed by atoms with Crippen molar-refractivity contribution >= 4 is 11.9 Å². The average molecular weight is 324 g/mol. The summed E-state index contributed by atoms with van der Waals surface area (Å²) in [6, 6.07) is 0. The van der Waals surface area contributed by atoms with Gasteiger partial charge in [-0.1, -0.05) is 6.42 Å². The van der Waals surface area contributed by atoms with E-state index in [4.69, 9.17) is 10.5 Å². The van der Waals surface area contributed by atoms with Crippen LogP contribution >= 0.6 is 0 Å². The van der Waals surface area contributed by atoms with Crippen LogP contribution in [0.4, 0.5) is 0 Å². The van der Waals surface area contributed by atoms with Gasteiger partial charge < -0.3 is 20.7 Å². The van der Waals surface area contributed by atoms with Gasteiger partial charge in [0.05, 0.1) is 0 Å². The van der Waals surface area contributed by atoms with Crippen molar-refractivity contribution < 1.29 is 9.53 Å². The van der Waals surface area contributed by atoms with E-state index < -0.39 is 0 Å². The number of aliphatic imine (C=N–C) groups is 1. The second-order valence-electron chi connectivity index (χ2n) is 7.12. The van der Waals surface area contributed by atoms with E-state index in [1.807, 2.05) is 7.05 Å². The standard InChI is InChI=1S/C17H32N4O2/c1-19-16(20-13-17(6-4-7-17)8-10-23-2)21-9-3-5-14(12-21)11-15(18)22/h14H,3-13H2,1-2H3,(H2,18,22)(H,19,20). The summed E-state index contributed by atoms with van der Waals surface area (Å²) in [5, 5.41) is 3.57. The van der Waals surface area contributed by atoms with Crippen LogP contribution in [0.15, 0.2) is 4.99 Å². The van der Waals surface area contributed by atoms with Crippen molar-refractivity contribution in [3.8, 4) is 0 Å². The number of nitrogens with one attached hydrogen (secondary N) is 1. The maximum absolute atomic E-state index is 11.2. The lowest BCUT2D eigenvalue weighted by molar-refractivity contribution is -0.119. The first-order chi connectivity index (χ1) is 11.1. The van der Waals surface area contributed by atoms with E-state index >= 15 is 0 Å². The number of likely N-dealkylation sites (tertiary alicyclic amines) is 1. The molecule has 0 aromatic heterocycles. The van der Waals surface area contributed by atoms with Crippen LogP contribution in [0.25, 0.3) is 0 Å². The maximum atomic E-state index is 11.2. The van der Waals surface area contributed by atoms with Crippen LogP contribution in [0, 0.1) is 11.3 Å². The highest BCUT2D eigenvalue weighted by atomic mass is 16.5. The number of methoxy groups -OCH3 is 1. The fourth-order valence-electron chi connectivity index (χ4n) is 3.82. The number of hydrogen-bond donors (Lipinski definition) is 2. The number of ether oxygens (including phenoxy) is 1. The van der Waals surface area contributed by atoms with Gasteiger partial charge in [-0.05, 0) is 43.4 Å². The van der Waals surface area contributed by atoms with E-state index in [-0.39, 0.29) is 5.91 Å². The summed E-state index contributed by atoms with van der Waals surface area (Å²) in [5.41, 5.74) is 5.72. The number of nitrogens with two attached hydrogens (primary N) is 1. The SMILES string of the molecule is CN=C(NCC1(CCOC)CCC1)N1CCCC(CC(N)=O)C1. The number of carbonyl (C=O) groups excluding carboxylic acids is 1. The third-order valence-corrected chi connectivity index (χ3v) is 5.39. The van der Waals surface area contributed by atoms with Crippen LogP contribution in [-0.4, -0.2) is 57.2 Å². The Bertz CT molecular complexity index is 421. The minimum absolute atomic E-state index is 0.201. The summed E-state index contributed by atoms with van der Waals surface area (Å²) < 4.78 is 5.26. The van der Waals surface area contributed by atoms with Crippen LogP contribution < -0.4 is 11.1 Å². The first-order valence-electron chi connectivity index (χ1n) is 8.81. The molecule has 2 aliphatic rings. The van der Waals surface area contributed by atoms with Gasteiger partial charge in [0.2, 0.25) is 5.91 Å². The molecule has 2 rings (SSSR count). The number of nitrogens with zero attached hydrogens (tertiary/aromatic N) is 2. The highest BCUT2D eigenvalue weighted by Crippen LogP contribution is 2.43. The topological polar surface area (TPSA) is 80.0 Å². The van der Waals surface area contributed by atoms with Crippen molar-refractivity contribution in [3.63, 3.8) is 0 Å². The zero-order chi connectivity index (χ0) is 16.7. The molecule has 1 unspecified atom stereocenters. The summed E-state index contributed by atoms with van der Waals surface area (Å²) in [6.45, 7) is 3.65. The fourth-order valence-corrected chi connectivity index (χ4v) is 3.82. The normalized spacial score (nSPS) is 24.2. The van der Waals surface area contributed by atoms with Crippen molar-refractivity contribution in [2.24, 2.45) is 22.1 Å². The summed E-state index contributed by atoms with van der Waals surface area (Å²) in [7, 11) is 3.61. The predicted octanol–water partition coefficient (Wildman–Crippen LogP) is 1.36. The third kappa shape index (κ3) is 5.09. The van der Waals surface area contributed by atoms with E-state index in [1.54, 1.807) is 7.11 Å². The summed E-state index contributed by atoms with van der Waals surface area (Å²) in [4.78, 5) is 17.9. The van der Waals surface area contributed by atoms with Crippen molar-refractivity contribution in [2.45, 2.75) is 44.9 Å². The fraction of sp³-hybridized carbons (Fsp3) is 0.882. The predicted molar refractivity (Wildman–Crippen MR) is 92.2 cm³/mol. The molecule has 0 bridgehead atoms. The van der Waals surface area contributed by atoms with Crippen LogP contribution in [-0.2, 0) is 9.53 Å². The molecule has 6 nitrogen and oxygen atoms in total. The Morgan fingerprint density at radius 1 is 1.43 bits per heavy atom. The minimum atomic E-state index is -0.201. The third-order valence-electron chi connectivity index (χ3n) is 5.39. The zero-order valence-corrected chi connectivity index (χ0v) is 14.6. The van der Waals surface area contributed by atoms with E-state index in [0.29, 0.717) is 17.8 Å². The molecule has 3 N–H and O–H groups in total. The quantitative estimate of drug-likeness (QED) is 0.547. The zero-order valence-electron chi connectivity index (χ0n) is 14.6. The number of hydrogen-bond acceptors (Lipinski definition) is 3. The largest absolute Gasteiger partial charge is 0.385 e. The van der Waals surface area contributed by atoms with Crippen molar-refractivity contribution in [2.75, 3.05) is 40.4 Å². The van der Waals surface area contributed by atoms with Gasteiger partial charge in [0.25, 0.3) is 0 Å². The molecule has 6 heteroatoms. The van der Waals surface area contributed by atoms with Gasteiger partial charge in [0, 0.05) is 46.8 Å². The number of primary amides is 1. The summed E-state index contributed by atoms with van der Waals surface area (Å²) in [5.74, 6) is 1.11. The van der Waals surface area contributed by atoms with Gasteiger partial charge in [0.15, 0.2) is 5.96 Å². The highest BCUT2D eigenvalue weighted by Gasteiger charge is 2.37. The minimum Gasteiger partial charge on any atom is -0.385 e. The molecular formula is C17H32N4O2. The monoisotopic (exact) mass is 324 g/mol. The molecule has 2 fully saturated rings. The van der Waals surface area contributed by atoms with Crippen LogP contribution in [0.2, 0.25) is 0 Å². The van der Waals surface area contributed by atoms with Crippen molar-refractivity contribution in [1.29, 1.82) is 0 Å². The van der Waals surface area contributed by atoms with Gasteiger partial charge in [0.1, 0.15) is 0 Å². The van der Waals surface area contributed by atoms with Crippen LogP contribution in [0.1, 0.15) is 44.9 Å². The molecule has 1 heterocycles. The molecule has 1 saturated carbocycles. The Labute approximate surface area is 139 Å². The number of guanidine groups is 1. The van der Waals surface area contributed by atoms with Gasteiger partial charge in [-0.15, -0.1) is 0 Å². The molecule has 0 radical (unpaired) electrons. The first-order valence-corrected chi connectivity index (χ1v) is 8.81. The van der Waals surface area contributed by atoms with Gasteiger partial charge in [-0.3, -0.25) is 9.79 Å². The lowest BCUT2D eigenvalue weighted by Gasteiger charge is -2.43. The Morgan fingerprint density at radius 2 is 2.22 bits per heavy atom. The van der Waals surface area contributed by atoms with E-state index in [0.717, 1.165) is 51.5 Å². The van der Waals surface area contributed by atoms with Gasteiger partial charge in [-0.25, -0.2) is 0 Å². The Balaban J connectivity index is 1.85. The molecule has 132 valence electrons. The van der Waals surface area contributed by atoms with Crippen molar-refractivity contribution in [1.82, 2.24) is 10.2 Å². The lowest BCUT2D eigenvalue weighted by Crippen LogP contribution is -2.51. The summed E-state index contributed by atoms with van der Waals surface area (Å²) >= 11 is 0. The lowest BCUT2D eigenvalue weighted by atomic mass is 9.67. The maximum Gasteiger partial charge on any atom is 0.217 e. The number of carbonyl (C=O) groups is 1. The summed E-state index contributed by atoms with van der Waals surface area (Å²) in [6.07, 6.45) is 7.61. The Kier molecular flexibility index (Phi) is 6.69. The number of amides is 1. The first kappa shape index (κ1) is 18.0. The molecule has 1 amide bonds. The van der Waals surface area contributed by atoms with E-state index in [2.05, 4.69) is 15.2 Å². The smallest absolute Gasteiger partial charge is 0.217 e.